The minimum absolute atomic E-state index is 0.141. The molecule has 132 valence electrons. The van der Waals surface area contributed by atoms with E-state index in [2.05, 4.69) is 37.8 Å². The van der Waals surface area contributed by atoms with Crippen LogP contribution in [-0.2, 0) is 4.79 Å². The first-order chi connectivity index (χ1) is 12.7. The summed E-state index contributed by atoms with van der Waals surface area (Å²) in [6, 6.07) is 19.6. The molecule has 0 saturated heterocycles. The number of carbonyl (C=O) groups is 1. The van der Waals surface area contributed by atoms with E-state index in [0.29, 0.717) is 0 Å². The Hall–Kier alpha value is -2.86. The number of rotatable bonds is 6. The Morgan fingerprint density at radius 1 is 1.12 bits per heavy atom. The Morgan fingerprint density at radius 2 is 1.92 bits per heavy atom. The molecule has 0 atom stereocenters. The van der Waals surface area contributed by atoms with Gasteiger partial charge in [0.15, 0.2) is 0 Å². The van der Waals surface area contributed by atoms with Gasteiger partial charge in [0, 0.05) is 5.69 Å². The van der Waals surface area contributed by atoms with Gasteiger partial charge < -0.3 is 10.1 Å². The summed E-state index contributed by atoms with van der Waals surface area (Å²) >= 11 is 3.41. The summed E-state index contributed by atoms with van der Waals surface area (Å²) < 4.78 is 6.00. The standard InChI is InChI=1S/C20H18BrN3O2/c1-26-19-9-6-14(10-18(19)21)12-23-24-20(25)13-22-17-8-7-15-4-2-3-5-16(15)11-17/h2-12,22H,13H2,1H3,(H,24,25)/b23-12-. The average molecular weight is 412 g/mol. The van der Waals surface area contributed by atoms with Crippen LogP contribution in [-0.4, -0.2) is 25.8 Å². The number of methoxy groups -OCH3 is 1. The van der Waals surface area contributed by atoms with Gasteiger partial charge in [-0.15, -0.1) is 0 Å². The molecule has 0 aliphatic heterocycles. The average Bonchev–Trinajstić information content (AvgIpc) is 2.66. The van der Waals surface area contributed by atoms with E-state index in [-0.39, 0.29) is 12.5 Å². The van der Waals surface area contributed by atoms with E-state index >= 15 is 0 Å². The van der Waals surface area contributed by atoms with Gasteiger partial charge in [-0.25, -0.2) is 5.43 Å². The third kappa shape index (κ3) is 4.61. The van der Waals surface area contributed by atoms with Crippen molar-refractivity contribution in [1.29, 1.82) is 0 Å². The molecule has 6 heteroatoms. The Morgan fingerprint density at radius 3 is 2.69 bits per heavy atom. The number of halogens is 1. The van der Waals surface area contributed by atoms with Crippen LogP contribution in [0, 0.1) is 0 Å². The number of hydrazone groups is 1. The van der Waals surface area contributed by atoms with Crippen molar-refractivity contribution in [2.24, 2.45) is 5.10 Å². The fourth-order valence-electron chi connectivity index (χ4n) is 2.46. The number of fused-ring (bicyclic) bond motifs is 1. The van der Waals surface area contributed by atoms with E-state index in [1.165, 1.54) is 0 Å². The highest BCUT2D eigenvalue weighted by Gasteiger charge is 2.02. The predicted molar refractivity (Wildman–Crippen MR) is 109 cm³/mol. The number of hydrogen-bond donors (Lipinski definition) is 2. The minimum Gasteiger partial charge on any atom is -0.496 e. The van der Waals surface area contributed by atoms with Crippen LogP contribution in [0.1, 0.15) is 5.56 Å². The lowest BCUT2D eigenvalue weighted by atomic mass is 10.1. The first-order valence-corrected chi connectivity index (χ1v) is 8.83. The summed E-state index contributed by atoms with van der Waals surface area (Å²) in [6.45, 7) is 0.141. The third-order valence-electron chi connectivity index (χ3n) is 3.78. The van der Waals surface area contributed by atoms with Crippen LogP contribution in [0.3, 0.4) is 0 Å². The SMILES string of the molecule is COc1ccc(/C=N\NC(=O)CNc2ccc3ccccc3c2)cc1Br. The first kappa shape index (κ1) is 17.9. The van der Waals surface area contributed by atoms with Gasteiger partial charge in [0.25, 0.3) is 5.91 Å². The molecular formula is C20H18BrN3O2. The molecule has 0 unspecified atom stereocenters. The summed E-state index contributed by atoms with van der Waals surface area (Å²) in [5.41, 5.74) is 4.25. The highest BCUT2D eigenvalue weighted by atomic mass is 79.9. The number of nitrogens with zero attached hydrogens (tertiary/aromatic N) is 1. The zero-order chi connectivity index (χ0) is 18.4. The second-order valence-electron chi connectivity index (χ2n) is 5.60. The van der Waals surface area contributed by atoms with Crippen LogP contribution in [0.5, 0.6) is 5.75 Å². The van der Waals surface area contributed by atoms with E-state index in [1.807, 2.05) is 54.6 Å². The van der Waals surface area contributed by atoms with Gasteiger partial charge in [-0.1, -0.05) is 30.3 Å². The number of amides is 1. The van der Waals surface area contributed by atoms with Crippen molar-refractivity contribution in [1.82, 2.24) is 5.43 Å². The smallest absolute Gasteiger partial charge is 0.259 e. The summed E-state index contributed by atoms with van der Waals surface area (Å²) in [5, 5.41) is 9.36. The molecule has 0 radical (unpaired) electrons. The molecule has 26 heavy (non-hydrogen) atoms. The quantitative estimate of drug-likeness (QED) is 0.472. The molecule has 0 bridgehead atoms. The van der Waals surface area contributed by atoms with Crippen LogP contribution in [0.2, 0.25) is 0 Å². The molecular weight excluding hydrogens is 394 g/mol. The normalized spacial score (nSPS) is 10.8. The lowest BCUT2D eigenvalue weighted by Crippen LogP contribution is -2.25. The fourth-order valence-corrected chi connectivity index (χ4v) is 3.02. The van der Waals surface area contributed by atoms with Gasteiger partial charge in [-0.05, 0) is 62.6 Å². The zero-order valence-corrected chi connectivity index (χ0v) is 15.8. The van der Waals surface area contributed by atoms with Crippen molar-refractivity contribution in [3.63, 3.8) is 0 Å². The largest absolute Gasteiger partial charge is 0.496 e. The van der Waals surface area contributed by atoms with Crippen molar-refractivity contribution in [3.8, 4) is 5.75 Å². The zero-order valence-electron chi connectivity index (χ0n) is 14.2. The molecule has 0 saturated carbocycles. The highest BCUT2D eigenvalue weighted by Crippen LogP contribution is 2.24. The van der Waals surface area contributed by atoms with E-state index in [4.69, 9.17) is 4.74 Å². The Balaban J connectivity index is 1.52. The topological polar surface area (TPSA) is 62.7 Å². The Kier molecular flexibility index (Phi) is 5.86. The van der Waals surface area contributed by atoms with Crippen LogP contribution in [0.4, 0.5) is 5.69 Å². The van der Waals surface area contributed by atoms with Crippen molar-refractivity contribution < 1.29 is 9.53 Å². The molecule has 3 rings (SSSR count). The summed E-state index contributed by atoms with van der Waals surface area (Å²) in [7, 11) is 1.61. The molecule has 0 aliphatic carbocycles. The van der Waals surface area contributed by atoms with Crippen molar-refractivity contribution in [2.45, 2.75) is 0 Å². The molecule has 0 spiro atoms. The summed E-state index contributed by atoms with van der Waals surface area (Å²) in [5.74, 6) is 0.521. The molecule has 2 N–H and O–H groups in total. The maximum Gasteiger partial charge on any atom is 0.259 e. The van der Waals surface area contributed by atoms with Crippen molar-refractivity contribution >= 4 is 44.5 Å². The maximum atomic E-state index is 11.9. The molecule has 0 fully saturated rings. The van der Waals surface area contributed by atoms with Gasteiger partial charge in [-0.3, -0.25) is 4.79 Å². The number of hydrogen-bond acceptors (Lipinski definition) is 4. The molecule has 0 heterocycles. The monoisotopic (exact) mass is 411 g/mol. The van der Waals surface area contributed by atoms with Crippen molar-refractivity contribution in [2.75, 3.05) is 19.0 Å². The molecule has 0 aromatic heterocycles. The van der Waals surface area contributed by atoms with Crippen LogP contribution < -0.4 is 15.5 Å². The van der Waals surface area contributed by atoms with Gasteiger partial charge in [0.2, 0.25) is 0 Å². The highest BCUT2D eigenvalue weighted by molar-refractivity contribution is 9.10. The Labute approximate surface area is 160 Å². The van der Waals surface area contributed by atoms with Gasteiger partial charge in [0.05, 0.1) is 24.3 Å². The number of carbonyl (C=O) groups excluding carboxylic acids is 1. The first-order valence-electron chi connectivity index (χ1n) is 8.04. The second kappa shape index (κ2) is 8.49. The van der Waals surface area contributed by atoms with E-state index in [9.17, 15) is 4.79 Å². The third-order valence-corrected chi connectivity index (χ3v) is 4.40. The predicted octanol–water partition coefficient (Wildman–Crippen LogP) is 4.17. The minimum atomic E-state index is -0.220. The van der Waals surface area contributed by atoms with E-state index in [0.717, 1.165) is 32.2 Å². The molecule has 3 aromatic rings. The van der Waals surface area contributed by atoms with Gasteiger partial charge >= 0.3 is 0 Å². The summed E-state index contributed by atoms with van der Waals surface area (Å²) in [4.78, 5) is 11.9. The van der Waals surface area contributed by atoms with Gasteiger partial charge in [-0.2, -0.15) is 5.10 Å². The molecule has 3 aromatic carbocycles. The van der Waals surface area contributed by atoms with Crippen LogP contribution >= 0.6 is 15.9 Å². The number of benzene rings is 3. The summed E-state index contributed by atoms with van der Waals surface area (Å²) in [6.07, 6.45) is 1.58. The van der Waals surface area contributed by atoms with Crippen LogP contribution in [0.25, 0.3) is 10.8 Å². The van der Waals surface area contributed by atoms with E-state index in [1.54, 1.807) is 13.3 Å². The fraction of sp³-hybridized carbons (Fsp3) is 0.100. The molecule has 1 amide bonds. The number of ether oxygens (including phenoxy) is 1. The Bertz CT molecular complexity index is 957. The van der Waals surface area contributed by atoms with Crippen LogP contribution in [0.15, 0.2) is 70.2 Å². The maximum absolute atomic E-state index is 11.9. The van der Waals surface area contributed by atoms with E-state index < -0.39 is 0 Å². The molecule has 5 nitrogen and oxygen atoms in total. The van der Waals surface area contributed by atoms with Gasteiger partial charge in [0.1, 0.15) is 5.75 Å². The lowest BCUT2D eigenvalue weighted by Gasteiger charge is -2.07. The molecule has 0 aliphatic rings. The number of anilines is 1. The number of nitrogens with one attached hydrogen (secondary N) is 2. The lowest BCUT2D eigenvalue weighted by molar-refractivity contribution is -0.119. The second-order valence-corrected chi connectivity index (χ2v) is 6.46. The van der Waals surface area contributed by atoms with Crippen molar-refractivity contribution in [3.05, 3.63) is 70.7 Å².